The highest BCUT2D eigenvalue weighted by atomic mass is 16.3. The molecule has 2 rings (SSSR count). The van der Waals surface area contributed by atoms with Gasteiger partial charge in [0.05, 0.1) is 12.8 Å². The molecule has 1 aromatic rings. The SMILES string of the molecule is CCCC(NCc1ccco1)C1CC1. The summed E-state index contributed by atoms with van der Waals surface area (Å²) in [6, 6.07) is 4.69. The fraction of sp³-hybridized carbons (Fsp3) is 0.667. The van der Waals surface area contributed by atoms with Crippen molar-refractivity contribution in [1.29, 1.82) is 0 Å². The van der Waals surface area contributed by atoms with Crippen molar-refractivity contribution in [1.82, 2.24) is 5.32 Å². The third-order valence-corrected chi connectivity index (χ3v) is 2.91. The van der Waals surface area contributed by atoms with Crippen LogP contribution >= 0.6 is 0 Å². The van der Waals surface area contributed by atoms with Gasteiger partial charge in [0.1, 0.15) is 5.76 Å². The third-order valence-electron chi connectivity index (χ3n) is 2.91. The van der Waals surface area contributed by atoms with Gasteiger partial charge in [0.25, 0.3) is 0 Å². The van der Waals surface area contributed by atoms with Gasteiger partial charge in [-0.1, -0.05) is 13.3 Å². The molecular formula is C12H19NO. The molecule has 78 valence electrons. The minimum atomic E-state index is 0.713. The Kier molecular flexibility index (Phi) is 3.25. The Hall–Kier alpha value is -0.760. The molecule has 2 nitrogen and oxygen atoms in total. The van der Waals surface area contributed by atoms with Crippen molar-refractivity contribution >= 4 is 0 Å². The van der Waals surface area contributed by atoms with Crippen LogP contribution in [0.1, 0.15) is 38.4 Å². The quantitative estimate of drug-likeness (QED) is 0.751. The summed E-state index contributed by atoms with van der Waals surface area (Å²) >= 11 is 0. The highest BCUT2D eigenvalue weighted by Gasteiger charge is 2.29. The highest BCUT2D eigenvalue weighted by Crippen LogP contribution is 2.34. The summed E-state index contributed by atoms with van der Waals surface area (Å²) in [7, 11) is 0. The molecule has 1 unspecified atom stereocenters. The van der Waals surface area contributed by atoms with Crippen molar-refractivity contribution in [3.05, 3.63) is 24.2 Å². The lowest BCUT2D eigenvalue weighted by Gasteiger charge is -2.16. The summed E-state index contributed by atoms with van der Waals surface area (Å²) in [5, 5.41) is 3.59. The Labute approximate surface area is 85.7 Å². The average Bonchev–Trinajstić information content (AvgIpc) is 2.90. The Morgan fingerprint density at radius 3 is 3.00 bits per heavy atom. The van der Waals surface area contributed by atoms with Gasteiger partial charge in [-0.25, -0.2) is 0 Å². The van der Waals surface area contributed by atoms with Crippen LogP contribution in [0.15, 0.2) is 22.8 Å². The second-order valence-electron chi connectivity index (χ2n) is 4.19. The first-order valence-corrected chi connectivity index (χ1v) is 5.66. The molecule has 0 aromatic carbocycles. The topological polar surface area (TPSA) is 25.2 Å². The Morgan fingerprint density at radius 2 is 2.43 bits per heavy atom. The van der Waals surface area contributed by atoms with Crippen LogP contribution in [0, 0.1) is 5.92 Å². The standard InChI is InChI=1S/C12H19NO/c1-2-4-12(10-6-7-10)13-9-11-5-3-8-14-11/h3,5,8,10,12-13H,2,4,6-7,9H2,1H3. The van der Waals surface area contributed by atoms with Crippen molar-refractivity contribution in [3.63, 3.8) is 0 Å². The molecule has 1 aliphatic rings. The van der Waals surface area contributed by atoms with Crippen LogP contribution in [-0.4, -0.2) is 6.04 Å². The van der Waals surface area contributed by atoms with Gasteiger partial charge in [-0.3, -0.25) is 0 Å². The highest BCUT2D eigenvalue weighted by molar-refractivity contribution is 4.98. The zero-order valence-electron chi connectivity index (χ0n) is 8.83. The monoisotopic (exact) mass is 193 g/mol. The van der Waals surface area contributed by atoms with E-state index >= 15 is 0 Å². The maximum atomic E-state index is 5.30. The molecule has 2 heteroatoms. The molecule has 1 heterocycles. The smallest absolute Gasteiger partial charge is 0.117 e. The largest absolute Gasteiger partial charge is 0.468 e. The maximum absolute atomic E-state index is 5.30. The number of hydrogen-bond donors (Lipinski definition) is 1. The van der Waals surface area contributed by atoms with Gasteiger partial charge in [0.2, 0.25) is 0 Å². The van der Waals surface area contributed by atoms with E-state index in [9.17, 15) is 0 Å². The third kappa shape index (κ3) is 2.61. The molecule has 0 saturated heterocycles. The molecule has 1 fully saturated rings. The van der Waals surface area contributed by atoms with Crippen LogP contribution in [0.5, 0.6) is 0 Å². The van der Waals surface area contributed by atoms with E-state index < -0.39 is 0 Å². The van der Waals surface area contributed by atoms with Crippen LogP contribution < -0.4 is 5.32 Å². The molecular weight excluding hydrogens is 174 g/mol. The molecule has 1 aromatic heterocycles. The fourth-order valence-corrected chi connectivity index (χ4v) is 1.96. The van der Waals surface area contributed by atoms with Crippen molar-refractivity contribution in [2.75, 3.05) is 0 Å². The second kappa shape index (κ2) is 4.65. The van der Waals surface area contributed by atoms with Crippen LogP contribution in [0.25, 0.3) is 0 Å². The van der Waals surface area contributed by atoms with Crippen LogP contribution in [0.2, 0.25) is 0 Å². The first-order valence-electron chi connectivity index (χ1n) is 5.66. The van der Waals surface area contributed by atoms with Crippen LogP contribution in [0.3, 0.4) is 0 Å². The number of furan rings is 1. The van der Waals surface area contributed by atoms with Gasteiger partial charge in [-0.15, -0.1) is 0 Å². The minimum absolute atomic E-state index is 0.713. The first-order chi connectivity index (χ1) is 6.90. The van der Waals surface area contributed by atoms with Crippen molar-refractivity contribution in [2.45, 2.75) is 45.2 Å². The first kappa shape index (κ1) is 9.78. The van der Waals surface area contributed by atoms with Crippen LogP contribution in [-0.2, 0) is 6.54 Å². The summed E-state index contributed by atoms with van der Waals surface area (Å²) in [5.74, 6) is 1.98. The van der Waals surface area contributed by atoms with E-state index in [-0.39, 0.29) is 0 Å². The summed E-state index contributed by atoms with van der Waals surface area (Å²) in [6.07, 6.45) is 7.13. The molecule has 1 saturated carbocycles. The zero-order chi connectivity index (χ0) is 9.80. The van der Waals surface area contributed by atoms with Crippen molar-refractivity contribution < 1.29 is 4.42 Å². The van der Waals surface area contributed by atoms with E-state index in [1.165, 1.54) is 25.7 Å². The van der Waals surface area contributed by atoms with Crippen molar-refractivity contribution in [2.24, 2.45) is 5.92 Å². The molecule has 0 aliphatic heterocycles. The van der Waals surface area contributed by atoms with Gasteiger partial charge < -0.3 is 9.73 Å². The van der Waals surface area contributed by atoms with E-state index in [0.29, 0.717) is 6.04 Å². The summed E-state index contributed by atoms with van der Waals surface area (Å²) in [5.41, 5.74) is 0. The lowest BCUT2D eigenvalue weighted by molar-refractivity contribution is 0.397. The number of nitrogens with one attached hydrogen (secondary N) is 1. The van der Waals surface area contributed by atoms with Gasteiger partial charge in [0, 0.05) is 6.04 Å². The summed E-state index contributed by atoms with van der Waals surface area (Å²) in [4.78, 5) is 0. The molecule has 0 radical (unpaired) electrons. The predicted molar refractivity (Wildman–Crippen MR) is 57.0 cm³/mol. The lowest BCUT2D eigenvalue weighted by atomic mass is 10.1. The summed E-state index contributed by atoms with van der Waals surface area (Å²) < 4.78 is 5.30. The molecule has 14 heavy (non-hydrogen) atoms. The van der Waals surface area contributed by atoms with Crippen LogP contribution in [0.4, 0.5) is 0 Å². The van der Waals surface area contributed by atoms with E-state index in [4.69, 9.17) is 4.42 Å². The lowest BCUT2D eigenvalue weighted by Crippen LogP contribution is -2.30. The zero-order valence-corrected chi connectivity index (χ0v) is 8.83. The molecule has 1 atom stereocenters. The maximum Gasteiger partial charge on any atom is 0.117 e. The van der Waals surface area contributed by atoms with E-state index in [1.807, 2.05) is 12.1 Å². The Morgan fingerprint density at radius 1 is 1.57 bits per heavy atom. The summed E-state index contributed by atoms with van der Waals surface area (Å²) in [6.45, 7) is 3.14. The normalized spacial score (nSPS) is 18.4. The molecule has 0 bridgehead atoms. The van der Waals surface area contributed by atoms with Gasteiger partial charge in [-0.05, 0) is 37.3 Å². The fourth-order valence-electron chi connectivity index (χ4n) is 1.96. The van der Waals surface area contributed by atoms with E-state index in [0.717, 1.165) is 18.2 Å². The van der Waals surface area contributed by atoms with E-state index in [1.54, 1.807) is 6.26 Å². The Balaban J connectivity index is 1.76. The minimum Gasteiger partial charge on any atom is -0.468 e. The Bertz CT molecular complexity index is 251. The predicted octanol–water partition coefficient (Wildman–Crippen LogP) is 2.95. The molecule has 1 N–H and O–H groups in total. The average molecular weight is 193 g/mol. The van der Waals surface area contributed by atoms with Crippen molar-refractivity contribution in [3.8, 4) is 0 Å². The number of rotatable bonds is 6. The second-order valence-corrected chi connectivity index (χ2v) is 4.19. The molecule has 1 aliphatic carbocycles. The van der Waals surface area contributed by atoms with E-state index in [2.05, 4.69) is 12.2 Å². The van der Waals surface area contributed by atoms with Gasteiger partial charge in [-0.2, -0.15) is 0 Å². The number of hydrogen-bond acceptors (Lipinski definition) is 2. The van der Waals surface area contributed by atoms with Gasteiger partial charge in [0.15, 0.2) is 0 Å². The molecule has 0 amide bonds. The molecule has 0 spiro atoms. The van der Waals surface area contributed by atoms with Gasteiger partial charge >= 0.3 is 0 Å².